The number of carbonyl (C=O) groups is 1. The highest BCUT2D eigenvalue weighted by Crippen LogP contribution is 2.24. The van der Waals surface area contributed by atoms with Crippen molar-refractivity contribution in [2.24, 2.45) is 0 Å². The highest BCUT2D eigenvalue weighted by molar-refractivity contribution is 6.04. The summed E-state index contributed by atoms with van der Waals surface area (Å²) < 4.78 is 15.9. The Morgan fingerprint density at radius 1 is 0.966 bits per heavy atom. The van der Waals surface area contributed by atoms with Crippen LogP contribution in [-0.4, -0.2) is 37.4 Å². The van der Waals surface area contributed by atoms with Gasteiger partial charge in [0.25, 0.3) is 5.91 Å². The van der Waals surface area contributed by atoms with Gasteiger partial charge in [-0.05, 0) is 55.2 Å². The quantitative estimate of drug-likeness (QED) is 0.606. The third kappa shape index (κ3) is 5.07. The van der Waals surface area contributed by atoms with E-state index in [2.05, 4.69) is 15.5 Å². The Balaban J connectivity index is 1.63. The number of methoxy groups -OCH3 is 3. The number of nitrogens with zero attached hydrogens (tertiary/aromatic N) is 1. The van der Waals surface area contributed by atoms with Crippen molar-refractivity contribution < 1.29 is 19.0 Å². The van der Waals surface area contributed by atoms with Gasteiger partial charge < -0.3 is 19.5 Å². The number of ether oxygens (including phenoxy) is 3. The van der Waals surface area contributed by atoms with E-state index in [0.29, 0.717) is 17.1 Å². The van der Waals surface area contributed by atoms with E-state index in [-0.39, 0.29) is 5.91 Å². The molecule has 0 aliphatic rings. The molecule has 29 heavy (non-hydrogen) atoms. The Kier molecular flexibility index (Phi) is 6.39. The fourth-order valence-electron chi connectivity index (χ4n) is 2.99. The second-order valence-electron chi connectivity index (χ2n) is 6.64. The van der Waals surface area contributed by atoms with Gasteiger partial charge >= 0.3 is 0 Å². The van der Waals surface area contributed by atoms with E-state index in [0.717, 1.165) is 41.2 Å². The fourth-order valence-corrected chi connectivity index (χ4v) is 2.99. The summed E-state index contributed by atoms with van der Waals surface area (Å²) in [7, 11) is 4.85. The first-order valence-electron chi connectivity index (χ1n) is 9.24. The summed E-state index contributed by atoms with van der Waals surface area (Å²) in [5, 5.41) is 9.96. The van der Waals surface area contributed by atoms with Crippen LogP contribution in [0, 0.1) is 6.92 Å². The Bertz CT molecular complexity index is 975. The maximum atomic E-state index is 12.5. The molecule has 7 heteroatoms. The molecule has 3 aromatic rings. The number of anilines is 1. The number of rotatable bonds is 8. The molecule has 1 heterocycles. The van der Waals surface area contributed by atoms with Gasteiger partial charge in [-0.25, -0.2) is 0 Å². The number of carbonyl (C=O) groups excluding carboxylic acids is 1. The van der Waals surface area contributed by atoms with Crippen molar-refractivity contribution in [2.45, 2.75) is 19.8 Å². The average Bonchev–Trinajstić information content (AvgIpc) is 3.19. The van der Waals surface area contributed by atoms with Gasteiger partial charge in [0, 0.05) is 23.4 Å². The number of amides is 1. The lowest BCUT2D eigenvalue weighted by Crippen LogP contribution is -2.12. The maximum Gasteiger partial charge on any atom is 0.256 e. The molecule has 1 amide bonds. The summed E-state index contributed by atoms with van der Waals surface area (Å²) in [4.78, 5) is 12.5. The molecule has 0 saturated heterocycles. The van der Waals surface area contributed by atoms with Crippen LogP contribution in [-0.2, 0) is 12.8 Å². The summed E-state index contributed by atoms with van der Waals surface area (Å²) in [5.41, 5.74) is 3.50. The van der Waals surface area contributed by atoms with Crippen molar-refractivity contribution >= 4 is 11.7 Å². The first kappa shape index (κ1) is 20.3. The van der Waals surface area contributed by atoms with E-state index in [4.69, 9.17) is 14.2 Å². The van der Waals surface area contributed by atoms with Gasteiger partial charge in [0.1, 0.15) is 17.2 Å². The lowest BCUT2D eigenvalue weighted by atomic mass is 10.1. The zero-order chi connectivity index (χ0) is 20.8. The third-order valence-corrected chi connectivity index (χ3v) is 4.64. The Morgan fingerprint density at radius 3 is 2.34 bits per heavy atom. The van der Waals surface area contributed by atoms with Crippen LogP contribution in [0.5, 0.6) is 17.2 Å². The maximum absolute atomic E-state index is 12.5. The second kappa shape index (κ2) is 9.14. The number of nitrogens with one attached hydrogen (secondary N) is 2. The lowest BCUT2D eigenvalue weighted by Gasteiger charge is -2.08. The number of aromatic amines is 1. The van der Waals surface area contributed by atoms with Gasteiger partial charge in [0.05, 0.1) is 21.3 Å². The number of aromatic nitrogens is 2. The third-order valence-electron chi connectivity index (χ3n) is 4.64. The molecule has 1 aromatic heterocycles. The van der Waals surface area contributed by atoms with Crippen LogP contribution in [0.3, 0.4) is 0 Å². The first-order valence-corrected chi connectivity index (χ1v) is 9.24. The number of benzene rings is 2. The van der Waals surface area contributed by atoms with Crippen LogP contribution in [0.25, 0.3) is 0 Å². The average molecular weight is 395 g/mol. The molecule has 0 atom stereocenters. The molecule has 0 bridgehead atoms. The Morgan fingerprint density at radius 2 is 1.69 bits per heavy atom. The molecule has 2 N–H and O–H groups in total. The van der Waals surface area contributed by atoms with Gasteiger partial charge in [0.15, 0.2) is 5.82 Å². The molecule has 0 aliphatic heterocycles. The van der Waals surface area contributed by atoms with Crippen LogP contribution in [0.2, 0.25) is 0 Å². The monoisotopic (exact) mass is 395 g/mol. The Hall–Kier alpha value is -3.48. The number of H-pyrrole nitrogens is 1. The van der Waals surface area contributed by atoms with Crippen LogP contribution < -0.4 is 19.5 Å². The molecule has 3 rings (SSSR count). The molecular formula is C22H25N3O4. The molecule has 0 fully saturated rings. The van der Waals surface area contributed by atoms with Gasteiger partial charge in [-0.1, -0.05) is 6.07 Å². The smallest absolute Gasteiger partial charge is 0.256 e. The SMILES string of the molecule is COc1cc(CCc2cc(NC(=O)c3ccc(C)c(OC)c3)n[nH]2)cc(OC)c1. The molecular weight excluding hydrogens is 370 g/mol. The predicted molar refractivity (Wildman–Crippen MR) is 111 cm³/mol. The highest BCUT2D eigenvalue weighted by Gasteiger charge is 2.11. The van der Waals surface area contributed by atoms with Crippen molar-refractivity contribution in [3.05, 3.63) is 64.8 Å². The summed E-state index contributed by atoms with van der Waals surface area (Å²) in [6.45, 7) is 1.93. The molecule has 0 spiro atoms. The number of hydrogen-bond acceptors (Lipinski definition) is 5. The van der Waals surface area contributed by atoms with Gasteiger partial charge in [0.2, 0.25) is 0 Å². The zero-order valence-corrected chi connectivity index (χ0v) is 17.0. The van der Waals surface area contributed by atoms with Crippen LogP contribution in [0.1, 0.15) is 27.2 Å². The minimum absolute atomic E-state index is 0.237. The minimum atomic E-state index is -0.237. The summed E-state index contributed by atoms with van der Waals surface area (Å²) in [5.74, 6) is 2.43. The summed E-state index contributed by atoms with van der Waals surface area (Å²) in [6.07, 6.45) is 1.51. The topological polar surface area (TPSA) is 85.5 Å². The van der Waals surface area contributed by atoms with Gasteiger partial charge in [-0.3, -0.25) is 9.89 Å². The largest absolute Gasteiger partial charge is 0.497 e. The number of hydrogen-bond donors (Lipinski definition) is 2. The predicted octanol–water partition coefficient (Wildman–Crippen LogP) is 3.78. The zero-order valence-electron chi connectivity index (χ0n) is 17.0. The molecule has 0 radical (unpaired) electrons. The van der Waals surface area contributed by atoms with E-state index < -0.39 is 0 Å². The molecule has 2 aromatic carbocycles. The normalized spacial score (nSPS) is 10.5. The summed E-state index contributed by atoms with van der Waals surface area (Å²) >= 11 is 0. The van der Waals surface area contributed by atoms with E-state index >= 15 is 0 Å². The summed E-state index contributed by atoms with van der Waals surface area (Å²) in [6, 6.07) is 13.0. The van der Waals surface area contributed by atoms with Crippen LogP contribution in [0.15, 0.2) is 42.5 Å². The van der Waals surface area contributed by atoms with Crippen molar-refractivity contribution in [1.82, 2.24) is 10.2 Å². The molecule has 7 nitrogen and oxygen atoms in total. The first-order chi connectivity index (χ1) is 14.0. The Labute approximate surface area is 170 Å². The van der Waals surface area contributed by atoms with Crippen molar-refractivity contribution in [3.8, 4) is 17.2 Å². The van der Waals surface area contributed by atoms with Gasteiger partial charge in [-0.2, -0.15) is 5.10 Å². The lowest BCUT2D eigenvalue weighted by molar-refractivity contribution is 0.102. The van der Waals surface area contributed by atoms with Crippen molar-refractivity contribution in [1.29, 1.82) is 0 Å². The van der Waals surface area contributed by atoms with Crippen molar-refractivity contribution in [3.63, 3.8) is 0 Å². The van der Waals surface area contributed by atoms with Gasteiger partial charge in [-0.15, -0.1) is 0 Å². The van der Waals surface area contributed by atoms with Crippen LogP contribution in [0.4, 0.5) is 5.82 Å². The van der Waals surface area contributed by atoms with Crippen LogP contribution >= 0.6 is 0 Å². The standard InChI is InChI=1S/C22H25N3O4/c1-14-5-7-16(11-20(14)29-4)22(26)23-21-12-17(24-25-21)8-6-15-9-18(27-2)13-19(10-15)28-3/h5,7,9-13H,6,8H2,1-4H3,(H2,23,24,25,26). The molecule has 152 valence electrons. The van der Waals surface area contributed by atoms with Crippen molar-refractivity contribution in [2.75, 3.05) is 26.6 Å². The number of aryl methyl sites for hydroxylation is 3. The molecule has 0 unspecified atom stereocenters. The second-order valence-corrected chi connectivity index (χ2v) is 6.64. The minimum Gasteiger partial charge on any atom is -0.497 e. The van der Waals surface area contributed by atoms with E-state index in [1.807, 2.05) is 37.3 Å². The van der Waals surface area contributed by atoms with E-state index in [1.54, 1.807) is 33.5 Å². The van der Waals surface area contributed by atoms with E-state index in [1.165, 1.54) is 0 Å². The highest BCUT2D eigenvalue weighted by atomic mass is 16.5. The fraction of sp³-hybridized carbons (Fsp3) is 0.273. The molecule has 0 saturated carbocycles. The van der Waals surface area contributed by atoms with E-state index in [9.17, 15) is 4.79 Å². The molecule has 0 aliphatic carbocycles.